The molecule has 0 atom stereocenters. The molecule has 114 valence electrons. The minimum atomic E-state index is -1.02. The van der Waals surface area contributed by atoms with Gasteiger partial charge >= 0.3 is 5.97 Å². The molecule has 0 saturated heterocycles. The van der Waals surface area contributed by atoms with Crippen molar-refractivity contribution >= 4 is 18.0 Å². The summed E-state index contributed by atoms with van der Waals surface area (Å²) in [4.78, 5) is 22.6. The lowest BCUT2D eigenvalue weighted by Gasteiger charge is -2.24. The summed E-state index contributed by atoms with van der Waals surface area (Å²) in [6.45, 7) is 6.70. The summed E-state index contributed by atoms with van der Waals surface area (Å²) in [5.41, 5.74) is 0.717. The molecule has 5 nitrogen and oxygen atoms in total. The van der Waals surface area contributed by atoms with Gasteiger partial charge in [-0.3, -0.25) is 4.79 Å². The molecule has 1 aromatic carbocycles. The second-order valence-corrected chi connectivity index (χ2v) is 5.17. The molecule has 1 aromatic rings. The van der Waals surface area contributed by atoms with Crippen molar-refractivity contribution in [2.75, 3.05) is 13.2 Å². The van der Waals surface area contributed by atoms with Crippen molar-refractivity contribution in [1.29, 1.82) is 0 Å². The van der Waals surface area contributed by atoms with E-state index in [0.29, 0.717) is 24.3 Å². The summed E-state index contributed by atoms with van der Waals surface area (Å²) in [5.74, 6) is -1.24. The van der Waals surface area contributed by atoms with E-state index in [0.717, 1.165) is 6.08 Å². The molecule has 0 unspecified atom stereocenters. The van der Waals surface area contributed by atoms with Crippen molar-refractivity contribution in [3.05, 3.63) is 41.5 Å². The normalized spacial score (nSPS) is 11.6. The Balaban J connectivity index is 2.70. The minimum Gasteiger partial charge on any atom is -0.478 e. The van der Waals surface area contributed by atoms with Crippen LogP contribution in [0.25, 0.3) is 6.08 Å². The molecule has 0 radical (unpaired) electrons. The molecule has 1 rings (SSSR count). The zero-order chi connectivity index (χ0) is 15.9. The first-order chi connectivity index (χ1) is 9.84. The van der Waals surface area contributed by atoms with E-state index >= 15 is 0 Å². The topological polar surface area (TPSA) is 75.6 Å². The molecule has 0 bridgehead atoms. The van der Waals surface area contributed by atoms with Gasteiger partial charge in [-0.15, -0.1) is 0 Å². The molecule has 0 aliphatic rings. The highest BCUT2D eigenvalue weighted by atomic mass is 16.5. The van der Waals surface area contributed by atoms with Crippen molar-refractivity contribution in [2.24, 2.45) is 0 Å². The summed E-state index contributed by atoms with van der Waals surface area (Å²) < 4.78 is 5.51. The van der Waals surface area contributed by atoms with Crippen LogP contribution in [0.3, 0.4) is 0 Å². The second-order valence-electron chi connectivity index (χ2n) is 5.17. The van der Waals surface area contributed by atoms with Gasteiger partial charge in [0.1, 0.15) is 0 Å². The molecule has 0 aliphatic heterocycles. The van der Waals surface area contributed by atoms with Crippen LogP contribution in [0.4, 0.5) is 0 Å². The van der Waals surface area contributed by atoms with Crippen LogP contribution < -0.4 is 5.32 Å². The van der Waals surface area contributed by atoms with E-state index in [1.165, 1.54) is 6.08 Å². The number of rotatable bonds is 7. The number of hydrogen-bond acceptors (Lipinski definition) is 3. The van der Waals surface area contributed by atoms with E-state index in [1.807, 2.05) is 20.8 Å². The van der Waals surface area contributed by atoms with E-state index in [1.54, 1.807) is 24.3 Å². The number of aliphatic carboxylic acids is 1. The van der Waals surface area contributed by atoms with Crippen LogP contribution in [-0.4, -0.2) is 35.7 Å². The molecule has 0 aromatic heterocycles. The number of carbonyl (C=O) groups is 2. The largest absolute Gasteiger partial charge is 0.478 e. The third-order valence-electron chi connectivity index (χ3n) is 2.78. The molecule has 1 amide bonds. The van der Waals surface area contributed by atoms with Crippen LogP contribution in [0.1, 0.15) is 36.7 Å². The summed E-state index contributed by atoms with van der Waals surface area (Å²) in [7, 11) is 0. The molecule has 5 heteroatoms. The molecule has 0 aliphatic carbocycles. The fourth-order valence-corrected chi connectivity index (χ4v) is 1.79. The Morgan fingerprint density at radius 1 is 1.38 bits per heavy atom. The van der Waals surface area contributed by atoms with Crippen LogP contribution in [0.2, 0.25) is 0 Å². The molecular formula is C16H21NO4. The molecule has 0 spiro atoms. The Hall–Kier alpha value is -2.14. The first kappa shape index (κ1) is 16.9. The van der Waals surface area contributed by atoms with Gasteiger partial charge in [-0.05, 0) is 44.5 Å². The maximum atomic E-state index is 12.1. The van der Waals surface area contributed by atoms with Crippen LogP contribution >= 0.6 is 0 Å². The van der Waals surface area contributed by atoms with E-state index in [-0.39, 0.29) is 5.91 Å². The van der Waals surface area contributed by atoms with Gasteiger partial charge in [0.25, 0.3) is 5.91 Å². The van der Waals surface area contributed by atoms with Crippen molar-refractivity contribution in [1.82, 2.24) is 5.32 Å². The van der Waals surface area contributed by atoms with Crippen LogP contribution in [-0.2, 0) is 9.53 Å². The lowest BCUT2D eigenvalue weighted by molar-refractivity contribution is -0.131. The van der Waals surface area contributed by atoms with Gasteiger partial charge in [0.15, 0.2) is 0 Å². The van der Waals surface area contributed by atoms with Crippen molar-refractivity contribution in [3.63, 3.8) is 0 Å². The number of nitrogens with one attached hydrogen (secondary N) is 1. The maximum absolute atomic E-state index is 12.1. The van der Waals surface area contributed by atoms with Crippen LogP contribution in [0.5, 0.6) is 0 Å². The van der Waals surface area contributed by atoms with E-state index in [2.05, 4.69) is 5.32 Å². The van der Waals surface area contributed by atoms with Gasteiger partial charge in [-0.1, -0.05) is 12.1 Å². The highest BCUT2D eigenvalue weighted by Gasteiger charge is 2.18. The highest BCUT2D eigenvalue weighted by Crippen LogP contribution is 2.10. The number of benzene rings is 1. The number of amides is 1. The smallest absolute Gasteiger partial charge is 0.328 e. The van der Waals surface area contributed by atoms with E-state index < -0.39 is 11.6 Å². The number of carboxylic acid groups (broad SMARTS) is 1. The fourth-order valence-electron chi connectivity index (χ4n) is 1.79. The van der Waals surface area contributed by atoms with Gasteiger partial charge in [-0.2, -0.15) is 0 Å². The Bertz CT molecular complexity index is 535. The number of hydrogen-bond donors (Lipinski definition) is 2. The number of carboxylic acids is 1. The van der Waals surface area contributed by atoms with Gasteiger partial charge in [0.2, 0.25) is 0 Å². The van der Waals surface area contributed by atoms with Crippen molar-refractivity contribution in [2.45, 2.75) is 26.4 Å². The Morgan fingerprint density at radius 3 is 2.71 bits per heavy atom. The van der Waals surface area contributed by atoms with E-state index in [9.17, 15) is 9.59 Å². The lowest BCUT2D eigenvalue weighted by Crippen LogP contribution is -2.40. The molecule has 0 saturated carbocycles. The second kappa shape index (κ2) is 7.59. The number of carbonyl (C=O) groups excluding carboxylic acids is 1. The minimum absolute atomic E-state index is 0.214. The highest BCUT2D eigenvalue weighted by molar-refractivity contribution is 5.95. The van der Waals surface area contributed by atoms with E-state index in [4.69, 9.17) is 9.84 Å². The first-order valence-electron chi connectivity index (χ1n) is 6.77. The third-order valence-corrected chi connectivity index (χ3v) is 2.78. The Labute approximate surface area is 124 Å². The number of ether oxygens (including phenoxy) is 1. The first-order valence-corrected chi connectivity index (χ1v) is 6.77. The average molecular weight is 291 g/mol. The monoisotopic (exact) mass is 291 g/mol. The summed E-state index contributed by atoms with van der Waals surface area (Å²) in [6, 6.07) is 6.77. The Morgan fingerprint density at radius 2 is 2.10 bits per heavy atom. The van der Waals surface area contributed by atoms with Crippen LogP contribution in [0, 0.1) is 0 Å². The maximum Gasteiger partial charge on any atom is 0.328 e. The zero-order valence-electron chi connectivity index (χ0n) is 12.6. The summed E-state index contributed by atoms with van der Waals surface area (Å²) in [6.07, 6.45) is 2.48. The van der Waals surface area contributed by atoms with Crippen molar-refractivity contribution in [3.8, 4) is 0 Å². The van der Waals surface area contributed by atoms with Gasteiger partial charge in [0, 0.05) is 24.8 Å². The van der Waals surface area contributed by atoms with Gasteiger partial charge in [-0.25, -0.2) is 4.79 Å². The quantitative estimate of drug-likeness (QED) is 0.756. The Kier molecular flexibility index (Phi) is 6.11. The van der Waals surface area contributed by atoms with Crippen molar-refractivity contribution < 1.29 is 19.4 Å². The SMILES string of the molecule is CCOC(C)(C)CNC(=O)c1cccc(/C=C/C(=O)O)c1. The molecular weight excluding hydrogens is 270 g/mol. The van der Waals surface area contributed by atoms with Gasteiger partial charge < -0.3 is 15.2 Å². The zero-order valence-corrected chi connectivity index (χ0v) is 12.6. The molecule has 0 fully saturated rings. The average Bonchev–Trinajstić information content (AvgIpc) is 2.43. The third kappa shape index (κ3) is 6.23. The summed E-state index contributed by atoms with van der Waals surface area (Å²) >= 11 is 0. The van der Waals surface area contributed by atoms with Crippen LogP contribution in [0.15, 0.2) is 30.3 Å². The molecule has 2 N–H and O–H groups in total. The molecule has 0 heterocycles. The standard InChI is InChI=1S/C16H21NO4/c1-4-21-16(2,3)11-17-15(20)13-7-5-6-12(10-13)8-9-14(18)19/h5-10H,4,11H2,1-3H3,(H,17,20)(H,18,19)/b9-8+. The summed E-state index contributed by atoms with van der Waals surface area (Å²) in [5, 5.41) is 11.4. The fraction of sp³-hybridized carbons (Fsp3) is 0.375. The predicted octanol–water partition coefficient (Wildman–Crippen LogP) is 2.33. The lowest BCUT2D eigenvalue weighted by atomic mass is 10.1. The predicted molar refractivity (Wildman–Crippen MR) is 81.2 cm³/mol. The van der Waals surface area contributed by atoms with Gasteiger partial charge in [0.05, 0.1) is 5.60 Å². The molecule has 21 heavy (non-hydrogen) atoms.